The molecule has 0 radical (unpaired) electrons. The van der Waals surface area contributed by atoms with Crippen molar-refractivity contribution in [3.8, 4) is 0 Å². The third kappa shape index (κ3) is 5.64. The molecule has 1 aliphatic carbocycles. The third-order valence-corrected chi connectivity index (χ3v) is 3.00. The molecule has 1 rings (SSSR count). The summed E-state index contributed by atoms with van der Waals surface area (Å²) in [6.07, 6.45) is 5.45. The number of hydrogen-bond donors (Lipinski definition) is 1. The van der Waals surface area contributed by atoms with E-state index in [0.29, 0.717) is 10.8 Å². The minimum atomic E-state index is 0.468. The van der Waals surface area contributed by atoms with E-state index in [2.05, 4.69) is 39.9 Å². The predicted octanol–water partition coefficient (Wildman–Crippen LogP) is 3.59. The fraction of sp³-hybridized carbons (Fsp3) is 1.00. The van der Waals surface area contributed by atoms with Gasteiger partial charge >= 0.3 is 0 Å². The van der Waals surface area contributed by atoms with Crippen LogP contribution in [0.1, 0.15) is 60.3 Å². The highest BCUT2D eigenvalue weighted by molar-refractivity contribution is 4.84. The van der Waals surface area contributed by atoms with Gasteiger partial charge in [-0.05, 0) is 36.5 Å². The molecule has 1 N–H and O–H groups in total. The zero-order valence-corrected chi connectivity index (χ0v) is 10.6. The molecule has 0 bridgehead atoms. The molecule has 1 nitrogen and oxygen atoms in total. The first-order valence-corrected chi connectivity index (χ1v) is 6.02. The average Bonchev–Trinajstić information content (AvgIpc) is 2.79. The number of nitrogens with one attached hydrogen (secondary N) is 1. The van der Waals surface area contributed by atoms with Crippen LogP contribution in [0.25, 0.3) is 0 Å². The Bertz CT molecular complexity index is 172. The molecule has 1 fully saturated rings. The Hall–Kier alpha value is -0.0400. The van der Waals surface area contributed by atoms with E-state index in [4.69, 9.17) is 0 Å². The molecule has 0 heterocycles. The fourth-order valence-corrected chi connectivity index (χ4v) is 1.51. The lowest BCUT2D eigenvalue weighted by molar-refractivity contribution is 0.246. The van der Waals surface area contributed by atoms with Gasteiger partial charge in [0.2, 0.25) is 0 Å². The maximum atomic E-state index is 3.63. The van der Waals surface area contributed by atoms with Crippen LogP contribution in [0.5, 0.6) is 0 Å². The third-order valence-electron chi connectivity index (χ3n) is 3.00. The van der Waals surface area contributed by atoms with Crippen molar-refractivity contribution in [2.75, 3.05) is 6.54 Å². The Morgan fingerprint density at radius 2 is 1.57 bits per heavy atom. The molecule has 0 unspecified atom stereocenters. The van der Waals surface area contributed by atoms with Crippen LogP contribution in [0.15, 0.2) is 0 Å². The minimum Gasteiger partial charge on any atom is -0.313 e. The topological polar surface area (TPSA) is 12.0 Å². The highest BCUT2D eigenvalue weighted by Crippen LogP contribution is 2.30. The fourth-order valence-electron chi connectivity index (χ4n) is 1.51. The van der Waals surface area contributed by atoms with Crippen LogP contribution in [0, 0.1) is 10.8 Å². The van der Waals surface area contributed by atoms with Crippen molar-refractivity contribution in [3.63, 3.8) is 0 Å². The second-order valence-corrected chi connectivity index (χ2v) is 6.88. The molecule has 0 spiro atoms. The zero-order valence-electron chi connectivity index (χ0n) is 10.6. The highest BCUT2D eigenvalue weighted by Gasteiger charge is 2.26. The normalized spacial score (nSPS) is 18.6. The van der Waals surface area contributed by atoms with Crippen molar-refractivity contribution in [1.82, 2.24) is 5.32 Å². The summed E-state index contributed by atoms with van der Waals surface area (Å²) in [4.78, 5) is 0. The van der Waals surface area contributed by atoms with E-state index in [1.807, 2.05) is 0 Å². The number of hydrogen-bond acceptors (Lipinski definition) is 1. The summed E-state index contributed by atoms with van der Waals surface area (Å²) in [6, 6.07) is 0.851. The van der Waals surface area contributed by atoms with Crippen LogP contribution in [-0.2, 0) is 0 Å². The zero-order chi connectivity index (χ0) is 10.8. The molecule has 0 amide bonds. The van der Waals surface area contributed by atoms with E-state index >= 15 is 0 Å². The Morgan fingerprint density at radius 3 is 2.00 bits per heavy atom. The van der Waals surface area contributed by atoms with E-state index in [9.17, 15) is 0 Å². The minimum absolute atomic E-state index is 0.468. The molecule has 1 saturated carbocycles. The maximum absolute atomic E-state index is 3.63. The molecule has 0 aliphatic heterocycles. The van der Waals surface area contributed by atoms with E-state index in [1.54, 1.807) is 0 Å². The van der Waals surface area contributed by atoms with Gasteiger partial charge in [0.05, 0.1) is 0 Å². The molecule has 1 aliphatic rings. The summed E-state index contributed by atoms with van der Waals surface area (Å²) in [5.74, 6) is 0. The van der Waals surface area contributed by atoms with Crippen LogP contribution in [0.4, 0.5) is 0 Å². The maximum Gasteiger partial charge on any atom is 0.00684 e. The van der Waals surface area contributed by atoms with Crippen LogP contribution in [0.3, 0.4) is 0 Å². The average molecular weight is 197 g/mol. The molecule has 14 heavy (non-hydrogen) atoms. The van der Waals surface area contributed by atoms with Gasteiger partial charge in [0.25, 0.3) is 0 Å². The molecular formula is C13H27N. The van der Waals surface area contributed by atoms with Crippen molar-refractivity contribution >= 4 is 0 Å². The Kier molecular flexibility index (Phi) is 3.63. The first-order valence-electron chi connectivity index (χ1n) is 6.02. The summed E-state index contributed by atoms with van der Waals surface area (Å²) in [5.41, 5.74) is 0.951. The predicted molar refractivity (Wildman–Crippen MR) is 63.5 cm³/mol. The standard InChI is InChI=1S/C13H27N/c1-12(2,3)8-9-13(4,5)10-14-11-6-7-11/h11,14H,6-10H2,1-5H3. The smallest absolute Gasteiger partial charge is 0.00684 e. The van der Waals surface area contributed by atoms with Crippen molar-refractivity contribution in [2.45, 2.75) is 66.3 Å². The van der Waals surface area contributed by atoms with Crippen LogP contribution in [-0.4, -0.2) is 12.6 Å². The number of rotatable bonds is 5. The van der Waals surface area contributed by atoms with E-state index in [-0.39, 0.29) is 0 Å². The SMILES string of the molecule is CC(C)(C)CCC(C)(C)CNC1CC1. The van der Waals surface area contributed by atoms with Gasteiger partial charge in [0.1, 0.15) is 0 Å². The summed E-state index contributed by atoms with van der Waals surface area (Å²) in [7, 11) is 0. The van der Waals surface area contributed by atoms with Gasteiger partial charge < -0.3 is 5.32 Å². The van der Waals surface area contributed by atoms with Crippen molar-refractivity contribution in [3.05, 3.63) is 0 Å². The van der Waals surface area contributed by atoms with E-state index in [1.165, 1.54) is 32.2 Å². The molecule has 0 aromatic carbocycles. The van der Waals surface area contributed by atoms with Crippen molar-refractivity contribution < 1.29 is 0 Å². The second-order valence-electron chi connectivity index (χ2n) is 6.88. The molecule has 0 saturated heterocycles. The summed E-state index contributed by atoms with van der Waals surface area (Å²) in [5, 5.41) is 3.63. The second kappa shape index (κ2) is 4.22. The largest absolute Gasteiger partial charge is 0.313 e. The lowest BCUT2D eigenvalue weighted by atomic mass is 9.80. The molecular weight excluding hydrogens is 170 g/mol. The Balaban J connectivity index is 2.18. The van der Waals surface area contributed by atoms with Crippen LogP contribution >= 0.6 is 0 Å². The monoisotopic (exact) mass is 197 g/mol. The van der Waals surface area contributed by atoms with Crippen LogP contribution in [0.2, 0.25) is 0 Å². The van der Waals surface area contributed by atoms with E-state index in [0.717, 1.165) is 6.04 Å². The summed E-state index contributed by atoms with van der Waals surface area (Å²) < 4.78 is 0. The Labute approximate surface area is 89.7 Å². The van der Waals surface area contributed by atoms with Crippen molar-refractivity contribution in [1.29, 1.82) is 0 Å². The molecule has 1 heteroatoms. The quantitative estimate of drug-likeness (QED) is 0.710. The van der Waals surface area contributed by atoms with Gasteiger partial charge in [-0.1, -0.05) is 34.6 Å². The van der Waals surface area contributed by atoms with Crippen LogP contribution < -0.4 is 5.32 Å². The lowest BCUT2D eigenvalue weighted by Gasteiger charge is -2.29. The van der Waals surface area contributed by atoms with Gasteiger partial charge in [-0.3, -0.25) is 0 Å². The van der Waals surface area contributed by atoms with Gasteiger partial charge in [-0.15, -0.1) is 0 Å². The van der Waals surface area contributed by atoms with Gasteiger partial charge in [0.15, 0.2) is 0 Å². The van der Waals surface area contributed by atoms with Gasteiger partial charge in [-0.25, -0.2) is 0 Å². The van der Waals surface area contributed by atoms with Gasteiger partial charge in [0, 0.05) is 12.6 Å². The Morgan fingerprint density at radius 1 is 1.00 bits per heavy atom. The molecule has 0 aromatic rings. The molecule has 84 valence electrons. The molecule has 0 atom stereocenters. The highest BCUT2D eigenvalue weighted by atomic mass is 15.0. The van der Waals surface area contributed by atoms with Gasteiger partial charge in [-0.2, -0.15) is 0 Å². The lowest BCUT2D eigenvalue weighted by Crippen LogP contribution is -2.31. The van der Waals surface area contributed by atoms with Crippen molar-refractivity contribution in [2.24, 2.45) is 10.8 Å². The molecule has 0 aromatic heterocycles. The summed E-state index contributed by atoms with van der Waals surface area (Å²) in [6.45, 7) is 12.9. The first-order chi connectivity index (χ1) is 6.29. The summed E-state index contributed by atoms with van der Waals surface area (Å²) >= 11 is 0. The first kappa shape index (κ1) is 12.0. The van der Waals surface area contributed by atoms with E-state index < -0.39 is 0 Å².